The maximum Gasteiger partial charge on any atom is 0.232 e. The third-order valence-electron chi connectivity index (χ3n) is 2.61. The zero-order chi connectivity index (χ0) is 12.1. The Labute approximate surface area is 101 Å². The van der Waals surface area contributed by atoms with E-state index < -0.39 is 0 Å². The van der Waals surface area contributed by atoms with Crippen molar-refractivity contribution in [2.24, 2.45) is 5.92 Å². The Hall–Kier alpha value is -1.06. The van der Waals surface area contributed by atoms with Gasteiger partial charge in [0.1, 0.15) is 0 Å². The first-order valence-electron chi connectivity index (χ1n) is 5.24. The number of halogens is 1. The summed E-state index contributed by atoms with van der Waals surface area (Å²) in [6.45, 7) is 1.77. The standard InChI is InChI=1S/C12H16ClNO2/c1-3-9(8-15)12(16)14(2)11-6-4-10(13)5-7-11/h4-7,9,15H,3,8H2,1-2H3. The number of carbonyl (C=O) groups excluding carboxylic acids is 1. The van der Waals surface area contributed by atoms with Gasteiger partial charge in [-0.25, -0.2) is 0 Å². The van der Waals surface area contributed by atoms with Crippen LogP contribution in [-0.4, -0.2) is 24.7 Å². The van der Waals surface area contributed by atoms with Crippen LogP contribution < -0.4 is 4.90 Å². The minimum Gasteiger partial charge on any atom is -0.396 e. The van der Waals surface area contributed by atoms with Crippen molar-refractivity contribution in [3.8, 4) is 0 Å². The van der Waals surface area contributed by atoms with Crippen LogP contribution in [0.5, 0.6) is 0 Å². The second-order valence-corrected chi connectivity index (χ2v) is 4.10. The summed E-state index contributed by atoms with van der Waals surface area (Å²) in [6.07, 6.45) is 0.632. The Balaban J connectivity index is 2.81. The molecular formula is C12H16ClNO2. The van der Waals surface area contributed by atoms with E-state index in [1.165, 1.54) is 0 Å². The predicted molar refractivity (Wildman–Crippen MR) is 65.7 cm³/mol. The number of hydrogen-bond donors (Lipinski definition) is 1. The summed E-state index contributed by atoms with van der Waals surface area (Å²) < 4.78 is 0. The largest absolute Gasteiger partial charge is 0.396 e. The lowest BCUT2D eigenvalue weighted by Crippen LogP contribution is -2.34. The van der Waals surface area contributed by atoms with Gasteiger partial charge in [0.15, 0.2) is 0 Å². The summed E-state index contributed by atoms with van der Waals surface area (Å²) in [6, 6.07) is 7.04. The van der Waals surface area contributed by atoms with E-state index in [1.54, 1.807) is 36.2 Å². The molecule has 16 heavy (non-hydrogen) atoms. The lowest BCUT2D eigenvalue weighted by Gasteiger charge is -2.21. The predicted octanol–water partition coefficient (Wildman–Crippen LogP) is 2.32. The highest BCUT2D eigenvalue weighted by atomic mass is 35.5. The van der Waals surface area contributed by atoms with Crippen LogP contribution >= 0.6 is 11.6 Å². The molecule has 0 aliphatic rings. The van der Waals surface area contributed by atoms with Gasteiger partial charge in [-0.05, 0) is 30.7 Å². The monoisotopic (exact) mass is 241 g/mol. The summed E-state index contributed by atoms with van der Waals surface area (Å²) in [5.74, 6) is -0.409. The summed E-state index contributed by atoms with van der Waals surface area (Å²) in [5, 5.41) is 9.71. The van der Waals surface area contributed by atoms with E-state index in [1.807, 2.05) is 6.92 Å². The highest BCUT2D eigenvalue weighted by molar-refractivity contribution is 6.30. The number of hydrogen-bond acceptors (Lipinski definition) is 2. The molecule has 0 aromatic heterocycles. The molecule has 1 atom stereocenters. The molecule has 1 amide bonds. The molecule has 1 unspecified atom stereocenters. The van der Waals surface area contributed by atoms with Crippen molar-refractivity contribution in [2.45, 2.75) is 13.3 Å². The van der Waals surface area contributed by atoms with E-state index in [2.05, 4.69) is 0 Å². The second kappa shape index (κ2) is 5.87. The van der Waals surface area contributed by atoms with Crippen molar-refractivity contribution in [1.82, 2.24) is 0 Å². The molecule has 0 spiro atoms. The molecule has 1 rings (SSSR count). The van der Waals surface area contributed by atoms with Crippen LogP contribution in [0.2, 0.25) is 5.02 Å². The third-order valence-corrected chi connectivity index (χ3v) is 2.86. The lowest BCUT2D eigenvalue weighted by atomic mass is 10.1. The number of amides is 1. The zero-order valence-electron chi connectivity index (χ0n) is 9.48. The smallest absolute Gasteiger partial charge is 0.232 e. The van der Waals surface area contributed by atoms with Crippen LogP contribution in [0.15, 0.2) is 24.3 Å². The molecule has 0 radical (unpaired) electrons. The minimum atomic E-state index is -0.333. The average molecular weight is 242 g/mol. The first-order chi connectivity index (χ1) is 7.60. The number of anilines is 1. The number of aliphatic hydroxyl groups excluding tert-OH is 1. The first kappa shape index (κ1) is 13.0. The third kappa shape index (κ3) is 2.97. The van der Waals surface area contributed by atoms with Gasteiger partial charge in [0.05, 0.1) is 12.5 Å². The maximum absolute atomic E-state index is 11.9. The summed E-state index contributed by atoms with van der Waals surface area (Å²) in [4.78, 5) is 13.5. The molecule has 1 N–H and O–H groups in total. The lowest BCUT2D eigenvalue weighted by molar-refractivity contribution is -0.123. The van der Waals surface area contributed by atoms with E-state index in [-0.39, 0.29) is 18.4 Å². The van der Waals surface area contributed by atoms with E-state index in [9.17, 15) is 4.79 Å². The fourth-order valence-corrected chi connectivity index (χ4v) is 1.57. The Morgan fingerprint density at radius 1 is 1.44 bits per heavy atom. The first-order valence-corrected chi connectivity index (χ1v) is 5.62. The second-order valence-electron chi connectivity index (χ2n) is 3.66. The Bertz CT molecular complexity index is 347. The Morgan fingerprint density at radius 2 is 2.00 bits per heavy atom. The molecule has 0 saturated heterocycles. The van der Waals surface area contributed by atoms with Crippen LogP contribution in [0.1, 0.15) is 13.3 Å². The molecule has 0 bridgehead atoms. The highest BCUT2D eigenvalue weighted by Crippen LogP contribution is 2.19. The minimum absolute atomic E-state index is 0.0766. The fraction of sp³-hybridized carbons (Fsp3) is 0.417. The SMILES string of the molecule is CCC(CO)C(=O)N(C)c1ccc(Cl)cc1. The number of carbonyl (C=O) groups is 1. The molecule has 0 saturated carbocycles. The van der Waals surface area contributed by atoms with E-state index in [0.29, 0.717) is 11.4 Å². The molecule has 0 heterocycles. The van der Waals surface area contributed by atoms with Crippen molar-refractivity contribution >= 4 is 23.2 Å². The fourth-order valence-electron chi connectivity index (χ4n) is 1.45. The Kier molecular flexibility index (Phi) is 4.77. The van der Waals surface area contributed by atoms with E-state index in [0.717, 1.165) is 5.69 Å². The van der Waals surface area contributed by atoms with Crippen molar-refractivity contribution in [3.63, 3.8) is 0 Å². The van der Waals surface area contributed by atoms with Gasteiger partial charge >= 0.3 is 0 Å². The summed E-state index contributed by atoms with van der Waals surface area (Å²) >= 11 is 5.77. The molecule has 3 nitrogen and oxygen atoms in total. The number of benzene rings is 1. The molecule has 4 heteroatoms. The van der Waals surface area contributed by atoms with E-state index in [4.69, 9.17) is 16.7 Å². The molecule has 0 aliphatic heterocycles. The average Bonchev–Trinajstić information content (AvgIpc) is 2.30. The number of nitrogens with zero attached hydrogens (tertiary/aromatic N) is 1. The molecule has 88 valence electrons. The van der Waals surface area contributed by atoms with Gasteiger partial charge in [0.25, 0.3) is 0 Å². The highest BCUT2D eigenvalue weighted by Gasteiger charge is 2.20. The van der Waals surface area contributed by atoms with Gasteiger partial charge in [-0.1, -0.05) is 18.5 Å². The molecular weight excluding hydrogens is 226 g/mol. The van der Waals surface area contributed by atoms with Gasteiger partial charge in [0.2, 0.25) is 5.91 Å². The number of aliphatic hydroxyl groups is 1. The molecule has 0 aliphatic carbocycles. The van der Waals surface area contributed by atoms with Crippen LogP contribution in [0.3, 0.4) is 0 Å². The topological polar surface area (TPSA) is 40.5 Å². The van der Waals surface area contributed by atoms with Crippen LogP contribution in [0, 0.1) is 5.92 Å². The maximum atomic E-state index is 11.9. The zero-order valence-corrected chi connectivity index (χ0v) is 10.2. The van der Waals surface area contributed by atoms with Crippen molar-refractivity contribution in [2.75, 3.05) is 18.6 Å². The van der Waals surface area contributed by atoms with Crippen molar-refractivity contribution in [3.05, 3.63) is 29.3 Å². The van der Waals surface area contributed by atoms with Gasteiger partial charge in [-0.3, -0.25) is 4.79 Å². The van der Waals surface area contributed by atoms with Gasteiger partial charge < -0.3 is 10.0 Å². The molecule has 1 aromatic carbocycles. The van der Waals surface area contributed by atoms with E-state index >= 15 is 0 Å². The van der Waals surface area contributed by atoms with Gasteiger partial charge in [-0.15, -0.1) is 0 Å². The normalized spacial score (nSPS) is 12.2. The van der Waals surface area contributed by atoms with Gasteiger partial charge in [0, 0.05) is 17.8 Å². The van der Waals surface area contributed by atoms with Crippen molar-refractivity contribution in [1.29, 1.82) is 0 Å². The molecule has 1 aromatic rings. The van der Waals surface area contributed by atoms with Crippen molar-refractivity contribution < 1.29 is 9.90 Å². The summed E-state index contributed by atoms with van der Waals surface area (Å²) in [5.41, 5.74) is 0.779. The van der Waals surface area contributed by atoms with Crippen LogP contribution in [0.25, 0.3) is 0 Å². The quantitative estimate of drug-likeness (QED) is 0.879. The van der Waals surface area contributed by atoms with Crippen LogP contribution in [-0.2, 0) is 4.79 Å². The number of rotatable bonds is 4. The summed E-state index contributed by atoms with van der Waals surface area (Å²) in [7, 11) is 1.70. The molecule has 0 fully saturated rings. The van der Waals surface area contributed by atoms with Gasteiger partial charge in [-0.2, -0.15) is 0 Å². The Morgan fingerprint density at radius 3 is 2.44 bits per heavy atom. The van der Waals surface area contributed by atoms with Crippen LogP contribution in [0.4, 0.5) is 5.69 Å².